The maximum absolute atomic E-state index is 11.6. The van der Waals surface area contributed by atoms with Crippen molar-refractivity contribution in [1.29, 1.82) is 0 Å². The molecule has 0 radical (unpaired) electrons. The van der Waals surface area contributed by atoms with Crippen molar-refractivity contribution in [3.05, 3.63) is 29.8 Å². The number of nitrogens with two attached hydrogens (primary N) is 1. The molecule has 0 heterocycles. The molecule has 0 aliphatic carbocycles. The van der Waals surface area contributed by atoms with Crippen LogP contribution in [0.5, 0.6) is 0 Å². The SMILES string of the molecule is Nc1ccc(C(=O)N[C@@H](CC(=O)O)C(=O)O)cc1. The largest absolute Gasteiger partial charge is 0.481 e. The lowest BCUT2D eigenvalue weighted by Gasteiger charge is -2.12. The number of benzene rings is 1. The number of nitrogen functional groups attached to an aromatic ring is 1. The Kier molecular flexibility index (Phi) is 4.25. The van der Waals surface area contributed by atoms with Crippen molar-refractivity contribution < 1.29 is 24.6 Å². The number of rotatable bonds is 5. The Bertz CT molecular complexity index is 469. The summed E-state index contributed by atoms with van der Waals surface area (Å²) in [5, 5.41) is 19.4. The van der Waals surface area contributed by atoms with Crippen LogP contribution in [0.2, 0.25) is 0 Å². The number of nitrogens with one attached hydrogen (secondary N) is 1. The Labute approximate surface area is 102 Å². The Morgan fingerprint density at radius 3 is 2.17 bits per heavy atom. The molecule has 0 aliphatic heterocycles. The molecule has 1 rings (SSSR count). The average Bonchev–Trinajstić information content (AvgIpc) is 2.28. The van der Waals surface area contributed by atoms with Crippen molar-refractivity contribution in [3.8, 4) is 0 Å². The van der Waals surface area contributed by atoms with Crippen molar-refractivity contribution in [2.75, 3.05) is 5.73 Å². The van der Waals surface area contributed by atoms with Crippen LogP contribution in [-0.2, 0) is 9.59 Å². The van der Waals surface area contributed by atoms with Crippen LogP contribution >= 0.6 is 0 Å². The smallest absolute Gasteiger partial charge is 0.326 e. The predicted molar refractivity (Wildman–Crippen MR) is 62.0 cm³/mol. The molecule has 1 aromatic rings. The van der Waals surface area contributed by atoms with Gasteiger partial charge >= 0.3 is 11.9 Å². The second kappa shape index (κ2) is 5.67. The summed E-state index contributed by atoms with van der Waals surface area (Å²) in [7, 11) is 0. The van der Waals surface area contributed by atoms with E-state index in [1.807, 2.05) is 0 Å². The van der Waals surface area contributed by atoms with E-state index in [0.29, 0.717) is 5.69 Å². The highest BCUT2D eigenvalue weighted by Gasteiger charge is 2.23. The van der Waals surface area contributed by atoms with Crippen LogP contribution in [0.3, 0.4) is 0 Å². The first kappa shape index (κ1) is 13.5. The molecule has 0 spiro atoms. The molecule has 0 aliphatic rings. The topological polar surface area (TPSA) is 130 Å². The molecule has 0 unspecified atom stereocenters. The van der Waals surface area contributed by atoms with E-state index in [1.165, 1.54) is 24.3 Å². The molecule has 96 valence electrons. The van der Waals surface area contributed by atoms with E-state index in [1.54, 1.807) is 0 Å². The van der Waals surface area contributed by atoms with E-state index < -0.39 is 30.3 Å². The van der Waals surface area contributed by atoms with Crippen molar-refractivity contribution in [2.45, 2.75) is 12.5 Å². The molecule has 0 bridgehead atoms. The second-order valence-corrected chi connectivity index (χ2v) is 3.58. The monoisotopic (exact) mass is 252 g/mol. The van der Waals surface area contributed by atoms with Crippen LogP contribution in [0.1, 0.15) is 16.8 Å². The van der Waals surface area contributed by atoms with Crippen molar-refractivity contribution in [3.63, 3.8) is 0 Å². The number of carbonyl (C=O) groups excluding carboxylic acids is 1. The number of hydrogen-bond acceptors (Lipinski definition) is 4. The first-order chi connectivity index (χ1) is 8.40. The summed E-state index contributed by atoms with van der Waals surface area (Å²) in [6.45, 7) is 0. The number of aliphatic carboxylic acids is 2. The minimum atomic E-state index is -1.47. The molecule has 1 amide bonds. The maximum Gasteiger partial charge on any atom is 0.326 e. The Morgan fingerprint density at radius 2 is 1.72 bits per heavy atom. The van der Waals surface area contributed by atoms with Crippen LogP contribution in [0, 0.1) is 0 Å². The maximum atomic E-state index is 11.6. The van der Waals surface area contributed by atoms with E-state index in [2.05, 4.69) is 5.32 Å². The molecule has 18 heavy (non-hydrogen) atoms. The first-order valence-electron chi connectivity index (χ1n) is 5.01. The van der Waals surface area contributed by atoms with Gasteiger partial charge in [-0.1, -0.05) is 0 Å². The molecule has 0 aromatic heterocycles. The van der Waals surface area contributed by atoms with Gasteiger partial charge in [0, 0.05) is 11.3 Å². The van der Waals surface area contributed by atoms with E-state index in [9.17, 15) is 14.4 Å². The second-order valence-electron chi connectivity index (χ2n) is 3.58. The van der Waals surface area contributed by atoms with Gasteiger partial charge in [0.1, 0.15) is 6.04 Å². The lowest BCUT2D eigenvalue weighted by atomic mass is 10.1. The normalized spacial score (nSPS) is 11.6. The number of hydrogen-bond donors (Lipinski definition) is 4. The zero-order valence-electron chi connectivity index (χ0n) is 9.29. The molecule has 5 N–H and O–H groups in total. The lowest BCUT2D eigenvalue weighted by molar-refractivity contribution is -0.145. The summed E-state index contributed by atoms with van der Waals surface area (Å²) in [5.74, 6) is -3.37. The minimum absolute atomic E-state index is 0.209. The molecular formula is C11H12N2O5. The molecule has 0 saturated carbocycles. The Morgan fingerprint density at radius 1 is 1.17 bits per heavy atom. The van der Waals surface area contributed by atoms with E-state index in [0.717, 1.165) is 0 Å². The van der Waals surface area contributed by atoms with E-state index in [-0.39, 0.29) is 5.56 Å². The van der Waals surface area contributed by atoms with Crippen molar-refractivity contribution in [1.82, 2.24) is 5.32 Å². The quantitative estimate of drug-likeness (QED) is 0.542. The third-order valence-electron chi connectivity index (χ3n) is 2.16. The molecule has 1 atom stereocenters. The average molecular weight is 252 g/mol. The van der Waals surface area contributed by atoms with Gasteiger partial charge in [0.2, 0.25) is 0 Å². The summed E-state index contributed by atoms with van der Waals surface area (Å²) in [4.78, 5) is 32.8. The molecule has 0 saturated heterocycles. The summed E-state index contributed by atoms with van der Waals surface area (Å²) in [6.07, 6.45) is -0.684. The Balaban J connectivity index is 2.75. The third-order valence-corrected chi connectivity index (χ3v) is 2.16. The van der Waals surface area contributed by atoms with Gasteiger partial charge in [-0.15, -0.1) is 0 Å². The number of anilines is 1. The van der Waals surface area contributed by atoms with Crippen LogP contribution in [0.15, 0.2) is 24.3 Å². The van der Waals surface area contributed by atoms with Gasteiger partial charge in [-0.3, -0.25) is 9.59 Å². The van der Waals surface area contributed by atoms with Gasteiger partial charge in [-0.25, -0.2) is 4.79 Å². The highest BCUT2D eigenvalue weighted by atomic mass is 16.4. The molecular weight excluding hydrogens is 240 g/mol. The number of carboxylic acids is 2. The first-order valence-corrected chi connectivity index (χ1v) is 5.01. The van der Waals surface area contributed by atoms with Gasteiger partial charge in [-0.2, -0.15) is 0 Å². The van der Waals surface area contributed by atoms with Crippen LogP contribution in [0.4, 0.5) is 5.69 Å². The van der Waals surface area contributed by atoms with Gasteiger partial charge < -0.3 is 21.3 Å². The third kappa shape index (κ3) is 3.78. The standard InChI is InChI=1S/C11H12N2O5/c12-7-3-1-6(2-4-7)10(16)13-8(11(17)18)5-9(14)15/h1-4,8H,5,12H2,(H,13,16)(H,14,15)(H,17,18)/t8-/m0/s1. The van der Waals surface area contributed by atoms with Crippen LogP contribution in [0.25, 0.3) is 0 Å². The minimum Gasteiger partial charge on any atom is -0.481 e. The fourth-order valence-electron chi connectivity index (χ4n) is 1.25. The van der Waals surface area contributed by atoms with Gasteiger partial charge in [0.25, 0.3) is 5.91 Å². The van der Waals surface area contributed by atoms with E-state index in [4.69, 9.17) is 15.9 Å². The highest BCUT2D eigenvalue weighted by Crippen LogP contribution is 2.06. The molecule has 7 heteroatoms. The fraction of sp³-hybridized carbons (Fsp3) is 0.182. The van der Waals surface area contributed by atoms with Crippen molar-refractivity contribution >= 4 is 23.5 Å². The summed E-state index contributed by atoms with van der Waals surface area (Å²) < 4.78 is 0. The summed E-state index contributed by atoms with van der Waals surface area (Å²) >= 11 is 0. The zero-order valence-corrected chi connectivity index (χ0v) is 9.29. The summed E-state index contributed by atoms with van der Waals surface area (Å²) in [6, 6.07) is 4.35. The Hall–Kier alpha value is -2.57. The van der Waals surface area contributed by atoms with Gasteiger partial charge in [0.05, 0.1) is 6.42 Å². The van der Waals surface area contributed by atoms with Gasteiger partial charge in [0.15, 0.2) is 0 Å². The van der Waals surface area contributed by atoms with Crippen LogP contribution in [-0.4, -0.2) is 34.1 Å². The number of carboxylic acid groups (broad SMARTS) is 2. The number of amides is 1. The fourth-order valence-corrected chi connectivity index (χ4v) is 1.25. The summed E-state index contributed by atoms with van der Waals surface area (Å²) in [5.41, 5.74) is 6.11. The molecule has 0 fully saturated rings. The number of carbonyl (C=O) groups is 3. The zero-order chi connectivity index (χ0) is 13.7. The van der Waals surface area contributed by atoms with Crippen molar-refractivity contribution in [2.24, 2.45) is 0 Å². The highest BCUT2D eigenvalue weighted by molar-refractivity contribution is 5.97. The lowest BCUT2D eigenvalue weighted by Crippen LogP contribution is -2.42. The molecule has 7 nitrogen and oxygen atoms in total. The predicted octanol–water partition coefficient (Wildman–Crippen LogP) is -0.0735. The van der Waals surface area contributed by atoms with E-state index >= 15 is 0 Å². The van der Waals surface area contributed by atoms with Gasteiger partial charge in [-0.05, 0) is 24.3 Å². The van der Waals surface area contributed by atoms with Crippen LogP contribution < -0.4 is 11.1 Å². The molecule has 1 aromatic carbocycles.